The molecule has 0 atom stereocenters. The Kier molecular flexibility index (Phi) is 7.69. The van der Waals surface area contributed by atoms with Crippen molar-refractivity contribution in [3.63, 3.8) is 0 Å². The lowest BCUT2D eigenvalue weighted by Crippen LogP contribution is -2.51. The van der Waals surface area contributed by atoms with Crippen LogP contribution in [-0.2, 0) is 32.6 Å². The minimum absolute atomic E-state index is 0.00336. The number of nitrogens with one attached hydrogen (secondary N) is 2. The molecule has 0 radical (unpaired) electrons. The van der Waals surface area contributed by atoms with Crippen LogP contribution in [0.15, 0.2) is 29.3 Å². The number of rotatable bonds is 8. The molecule has 0 bridgehead atoms. The minimum atomic E-state index is -3.45. The number of aliphatic hydroxyl groups is 1. The Hall–Kier alpha value is -2.30. The molecular formula is C24H34N4O5S. The molecule has 1 aliphatic carbocycles. The second-order valence-corrected chi connectivity index (χ2v) is 11.6. The number of hydrogen-bond donors (Lipinski definition) is 3. The van der Waals surface area contributed by atoms with E-state index in [9.17, 15) is 18.0 Å². The standard InChI is InChI=1S/C24H34N4O5S/c29-17-21(30)25-16-19-8-6-18(7-9-19)10-15-34(32,33)28-13-11-24(12-14-28)23(31)26-22(27-24)20-4-2-1-3-5-20/h6-9,20,29H,1-5,10-17H2,(H,25,30)(H,26,27,31). The normalized spacial score (nSPS) is 21.3. The topological polar surface area (TPSA) is 128 Å². The van der Waals surface area contributed by atoms with Gasteiger partial charge < -0.3 is 15.7 Å². The van der Waals surface area contributed by atoms with Gasteiger partial charge in [-0.15, -0.1) is 0 Å². The molecule has 2 heterocycles. The molecule has 3 aliphatic rings. The van der Waals surface area contributed by atoms with Crippen molar-refractivity contribution < 1.29 is 23.1 Å². The molecule has 186 valence electrons. The highest BCUT2D eigenvalue weighted by atomic mass is 32.2. The molecule has 0 unspecified atom stereocenters. The molecule has 0 aromatic heterocycles. The molecule has 1 spiro atoms. The van der Waals surface area contributed by atoms with Crippen molar-refractivity contribution in [3.8, 4) is 0 Å². The number of hydrogen-bond acceptors (Lipinski definition) is 6. The number of carbonyl (C=O) groups excluding carboxylic acids is 2. The van der Waals surface area contributed by atoms with Gasteiger partial charge in [0.25, 0.3) is 5.91 Å². The molecule has 2 amide bonds. The number of aliphatic imine (C=N–C) groups is 1. The molecule has 1 aromatic rings. The van der Waals surface area contributed by atoms with Crippen LogP contribution in [0.5, 0.6) is 0 Å². The number of amides is 2. The molecule has 2 fully saturated rings. The van der Waals surface area contributed by atoms with Crippen LogP contribution in [-0.4, -0.2) is 66.5 Å². The first-order valence-corrected chi connectivity index (χ1v) is 13.8. The van der Waals surface area contributed by atoms with Crippen molar-refractivity contribution in [2.24, 2.45) is 10.9 Å². The van der Waals surface area contributed by atoms with E-state index >= 15 is 0 Å². The Morgan fingerprint density at radius 3 is 2.41 bits per heavy atom. The van der Waals surface area contributed by atoms with Crippen LogP contribution in [0, 0.1) is 5.92 Å². The van der Waals surface area contributed by atoms with Crippen molar-refractivity contribution in [2.45, 2.75) is 63.5 Å². The van der Waals surface area contributed by atoms with Crippen molar-refractivity contribution in [3.05, 3.63) is 35.4 Å². The summed E-state index contributed by atoms with van der Waals surface area (Å²) in [6.45, 7) is 0.375. The molecule has 1 saturated carbocycles. The van der Waals surface area contributed by atoms with Crippen LogP contribution < -0.4 is 10.6 Å². The second-order valence-electron chi connectivity index (χ2n) is 9.53. The molecule has 34 heavy (non-hydrogen) atoms. The molecule has 4 rings (SSSR count). The summed E-state index contributed by atoms with van der Waals surface area (Å²) in [5.41, 5.74) is 0.962. The number of carbonyl (C=O) groups is 2. The summed E-state index contributed by atoms with van der Waals surface area (Å²) in [7, 11) is -3.45. The number of piperidine rings is 1. The molecule has 2 aliphatic heterocycles. The third-order valence-electron chi connectivity index (χ3n) is 7.24. The Morgan fingerprint density at radius 2 is 1.76 bits per heavy atom. The maximum Gasteiger partial charge on any atom is 0.253 e. The average Bonchev–Trinajstić information content (AvgIpc) is 3.18. The first kappa shape index (κ1) is 24.8. The highest BCUT2D eigenvalue weighted by Crippen LogP contribution is 2.34. The van der Waals surface area contributed by atoms with Crippen LogP contribution in [0.2, 0.25) is 0 Å². The summed E-state index contributed by atoms with van der Waals surface area (Å²) in [5, 5.41) is 14.3. The average molecular weight is 491 g/mol. The largest absolute Gasteiger partial charge is 0.387 e. The van der Waals surface area contributed by atoms with Crippen molar-refractivity contribution in [1.82, 2.24) is 14.9 Å². The van der Waals surface area contributed by atoms with Crippen LogP contribution in [0.1, 0.15) is 56.1 Å². The zero-order valence-electron chi connectivity index (χ0n) is 19.5. The molecule has 9 nitrogen and oxygen atoms in total. The zero-order chi connectivity index (χ0) is 24.2. The SMILES string of the molecule is O=C(CO)NCc1ccc(CCS(=O)(=O)N2CCC3(CC2)N=C(C2CCCCC2)NC3=O)cc1. The Bertz CT molecular complexity index is 1020. The predicted octanol–water partition coefficient (Wildman–Crippen LogP) is 1.11. The first-order chi connectivity index (χ1) is 16.3. The van der Waals surface area contributed by atoms with Gasteiger partial charge in [-0.25, -0.2) is 12.7 Å². The predicted molar refractivity (Wildman–Crippen MR) is 129 cm³/mol. The van der Waals surface area contributed by atoms with Gasteiger partial charge in [0.1, 0.15) is 18.0 Å². The van der Waals surface area contributed by atoms with E-state index in [1.54, 1.807) is 0 Å². The number of sulfonamides is 1. The Morgan fingerprint density at radius 1 is 1.12 bits per heavy atom. The summed E-state index contributed by atoms with van der Waals surface area (Å²) in [5.74, 6) is 0.644. The van der Waals surface area contributed by atoms with Gasteiger partial charge in [0, 0.05) is 25.6 Å². The van der Waals surface area contributed by atoms with Crippen LogP contribution in [0.4, 0.5) is 0 Å². The lowest BCUT2D eigenvalue weighted by atomic mass is 9.88. The van der Waals surface area contributed by atoms with Gasteiger partial charge in [0.05, 0.1) is 5.75 Å². The van der Waals surface area contributed by atoms with E-state index in [0.29, 0.717) is 44.8 Å². The smallest absolute Gasteiger partial charge is 0.253 e. The molecule has 1 aromatic carbocycles. The molecule has 3 N–H and O–H groups in total. The van der Waals surface area contributed by atoms with Crippen molar-refractivity contribution in [2.75, 3.05) is 25.4 Å². The van der Waals surface area contributed by atoms with Crippen LogP contribution >= 0.6 is 0 Å². The van der Waals surface area contributed by atoms with E-state index in [4.69, 9.17) is 10.1 Å². The maximum absolute atomic E-state index is 13.0. The lowest BCUT2D eigenvalue weighted by molar-refractivity contribution is -0.125. The van der Waals surface area contributed by atoms with E-state index in [2.05, 4.69) is 10.6 Å². The quantitative estimate of drug-likeness (QED) is 0.503. The summed E-state index contributed by atoms with van der Waals surface area (Å²) in [6, 6.07) is 7.38. The van der Waals surface area contributed by atoms with Gasteiger partial charge in [-0.3, -0.25) is 14.6 Å². The number of benzene rings is 1. The summed E-state index contributed by atoms with van der Waals surface area (Å²) >= 11 is 0. The van der Waals surface area contributed by atoms with Gasteiger partial charge >= 0.3 is 0 Å². The number of amidine groups is 1. The lowest BCUT2D eigenvalue weighted by Gasteiger charge is -2.34. The summed E-state index contributed by atoms with van der Waals surface area (Å²) in [6.07, 6.45) is 6.93. The molecule has 1 saturated heterocycles. The maximum atomic E-state index is 13.0. The zero-order valence-corrected chi connectivity index (χ0v) is 20.3. The number of aliphatic hydroxyl groups excluding tert-OH is 1. The monoisotopic (exact) mass is 490 g/mol. The third-order valence-corrected chi connectivity index (χ3v) is 9.11. The van der Waals surface area contributed by atoms with Gasteiger partial charge in [-0.2, -0.15) is 0 Å². The van der Waals surface area contributed by atoms with Crippen LogP contribution in [0.25, 0.3) is 0 Å². The minimum Gasteiger partial charge on any atom is -0.387 e. The van der Waals surface area contributed by atoms with Crippen molar-refractivity contribution in [1.29, 1.82) is 0 Å². The second kappa shape index (κ2) is 10.5. The van der Waals surface area contributed by atoms with E-state index < -0.39 is 28.1 Å². The van der Waals surface area contributed by atoms with Gasteiger partial charge in [-0.1, -0.05) is 43.5 Å². The fourth-order valence-corrected chi connectivity index (χ4v) is 6.53. The number of nitrogens with zero attached hydrogens (tertiary/aromatic N) is 2. The fourth-order valence-electron chi connectivity index (χ4n) is 5.04. The van der Waals surface area contributed by atoms with Crippen LogP contribution in [0.3, 0.4) is 0 Å². The van der Waals surface area contributed by atoms with Crippen molar-refractivity contribution >= 4 is 27.7 Å². The van der Waals surface area contributed by atoms with E-state index in [1.165, 1.54) is 23.6 Å². The van der Waals surface area contributed by atoms with Gasteiger partial charge in [-0.05, 0) is 43.2 Å². The Labute approximate surface area is 201 Å². The third kappa shape index (κ3) is 5.67. The highest BCUT2D eigenvalue weighted by Gasteiger charge is 2.48. The summed E-state index contributed by atoms with van der Waals surface area (Å²) in [4.78, 5) is 28.7. The van der Waals surface area contributed by atoms with Gasteiger partial charge in [0.15, 0.2) is 0 Å². The van der Waals surface area contributed by atoms with E-state index in [-0.39, 0.29) is 11.7 Å². The van der Waals surface area contributed by atoms with E-state index in [0.717, 1.165) is 29.8 Å². The fraction of sp³-hybridized carbons (Fsp3) is 0.625. The number of aryl methyl sites for hydroxylation is 1. The van der Waals surface area contributed by atoms with Gasteiger partial charge in [0.2, 0.25) is 15.9 Å². The Balaban J connectivity index is 1.29. The van der Waals surface area contributed by atoms with E-state index in [1.807, 2.05) is 24.3 Å². The molecule has 10 heteroatoms. The molecular weight excluding hydrogens is 456 g/mol. The summed E-state index contributed by atoms with van der Waals surface area (Å²) < 4.78 is 27.4. The first-order valence-electron chi connectivity index (χ1n) is 12.2. The highest BCUT2D eigenvalue weighted by molar-refractivity contribution is 7.89.